The molecule has 148 valence electrons. The highest BCUT2D eigenvalue weighted by Crippen LogP contribution is 2.31. The highest BCUT2D eigenvalue weighted by Gasteiger charge is 2.33. The van der Waals surface area contributed by atoms with Gasteiger partial charge in [0.15, 0.2) is 22.3 Å². The summed E-state index contributed by atoms with van der Waals surface area (Å²) in [5.41, 5.74) is -0.101. The maximum atomic E-state index is 12.5. The standard InChI is InChI=1S/C17H20F3N3O3S/c1-3-25-12-6-5-11(9-13(12)26-4-2)7-8-21-15(24)23-16-22-14(10-27-16)17(18,19)20/h5-6,9-10H,3-4,7-8H2,1-2H3,(H2,21,22,23,24). The Morgan fingerprint density at radius 2 is 1.89 bits per heavy atom. The van der Waals surface area contributed by atoms with E-state index in [1.165, 1.54) is 0 Å². The number of nitrogens with one attached hydrogen (secondary N) is 2. The maximum absolute atomic E-state index is 12.5. The van der Waals surface area contributed by atoms with Gasteiger partial charge in [-0.25, -0.2) is 9.78 Å². The highest BCUT2D eigenvalue weighted by molar-refractivity contribution is 7.13. The number of alkyl halides is 3. The quantitative estimate of drug-likeness (QED) is 0.688. The monoisotopic (exact) mass is 403 g/mol. The lowest BCUT2D eigenvalue weighted by atomic mass is 10.1. The van der Waals surface area contributed by atoms with E-state index in [1.54, 1.807) is 6.07 Å². The van der Waals surface area contributed by atoms with Crippen LogP contribution < -0.4 is 20.1 Å². The number of aromatic nitrogens is 1. The smallest absolute Gasteiger partial charge is 0.434 e. The third kappa shape index (κ3) is 6.31. The van der Waals surface area contributed by atoms with Crippen LogP contribution in [0.4, 0.5) is 23.1 Å². The van der Waals surface area contributed by atoms with E-state index in [0.29, 0.717) is 49.0 Å². The zero-order valence-corrected chi connectivity index (χ0v) is 15.7. The second kappa shape index (κ2) is 9.45. The van der Waals surface area contributed by atoms with Gasteiger partial charge in [0.25, 0.3) is 0 Å². The van der Waals surface area contributed by atoms with Crippen LogP contribution in [0.1, 0.15) is 25.1 Å². The summed E-state index contributed by atoms with van der Waals surface area (Å²) in [7, 11) is 0. The molecule has 1 aromatic heterocycles. The van der Waals surface area contributed by atoms with Gasteiger partial charge in [-0.05, 0) is 38.0 Å². The molecular weight excluding hydrogens is 383 g/mol. The second-order valence-electron chi connectivity index (χ2n) is 5.31. The lowest BCUT2D eigenvalue weighted by molar-refractivity contribution is -0.140. The molecule has 0 aliphatic heterocycles. The number of hydrogen-bond donors (Lipinski definition) is 2. The molecule has 6 nitrogen and oxygen atoms in total. The molecule has 0 atom stereocenters. The molecule has 2 amide bonds. The fourth-order valence-corrected chi connectivity index (χ4v) is 2.89. The third-order valence-electron chi connectivity index (χ3n) is 3.32. The van der Waals surface area contributed by atoms with Gasteiger partial charge < -0.3 is 14.8 Å². The molecule has 0 radical (unpaired) electrons. The summed E-state index contributed by atoms with van der Waals surface area (Å²) in [5, 5.41) is 5.61. The summed E-state index contributed by atoms with van der Waals surface area (Å²) in [5.74, 6) is 1.28. The summed E-state index contributed by atoms with van der Waals surface area (Å²) in [6.45, 7) is 5.07. The fraction of sp³-hybridized carbons (Fsp3) is 0.412. The van der Waals surface area contributed by atoms with E-state index in [-0.39, 0.29) is 5.13 Å². The Hall–Kier alpha value is -2.49. The first kappa shape index (κ1) is 20.8. The van der Waals surface area contributed by atoms with E-state index < -0.39 is 17.9 Å². The number of thiazole rings is 1. The minimum Gasteiger partial charge on any atom is -0.490 e. The Kier molecular flexibility index (Phi) is 7.28. The van der Waals surface area contributed by atoms with Crippen LogP contribution in [-0.4, -0.2) is 30.8 Å². The predicted octanol–water partition coefficient (Wildman–Crippen LogP) is 4.32. The van der Waals surface area contributed by atoms with Crippen molar-refractivity contribution in [2.24, 2.45) is 0 Å². The van der Waals surface area contributed by atoms with Crippen LogP contribution in [0.5, 0.6) is 11.5 Å². The Labute approximate surface area is 158 Å². The van der Waals surface area contributed by atoms with Crippen molar-refractivity contribution in [1.82, 2.24) is 10.3 Å². The number of halogens is 3. The van der Waals surface area contributed by atoms with Crippen LogP contribution >= 0.6 is 11.3 Å². The topological polar surface area (TPSA) is 72.5 Å². The lowest BCUT2D eigenvalue weighted by Crippen LogP contribution is -2.30. The second-order valence-corrected chi connectivity index (χ2v) is 6.17. The third-order valence-corrected chi connectivity index (χ3v) is 4.08. The average Bonchev–Trinajstić information content (AvgIpc) is 3.06. The van der Waals surface area contributed by atoms with E-state index in [2.05, 4.69) is 15.6 Å². The molecule has 0 unspecified atom stereocenters. The van der Waals surface area contributed by atoms with Gasteiger partial charge in [-0.1, -0.05) is 6.07 Å². The van der Waals surface area contributed by atoms with Crippen molar-refractivity contribution < 1.29 is 27.4 Å². The van der Waals surface area contributed by atoms with Crippen molar-refractivity contribution in [2.45, 2.75) is 26.4 Å². The van der Waals surface area contributed by atoms with Gasteiger partial charge in [-0.15, -0.1) is 11.3 Å². The molecule has 0 saturated carbocycles. The number of urea groups is 1. The van der Waals surface area contributed by atoms with Crippen molar-refractivity contribution in [3.63, 3.8) is 0 Å². The molecule has 0 aliphatic rings. The first-order valence-corrected chi connectivity index (χ1v) is 9.17. The SMILES string of the molecule is CCOc1ccc(CCNC(=O)Nc2nc(C(F)(F)F)cs2)cc1OCC. The first-order valence-electron chi connectivity index (χ1n) is 8.29. The zero-order chi connectivity index (χ0) is 19.9. The van der Waals surface area contributed by atoms with Gasteiger partial charge in [0.1, 0.15) is 0 Å². The van der Waals surface area contributed by atoms with Crippen molar-refractivity contribution in [3.8, 4) is 11.5 Å². The van der Waals surface area contributed by atoms with Crippen molar-refractivity contribution in [1.29, 1.82) is 0 Å². The van der Waals surface area contributed by atoms with Crippen molar-refractivity contribution >= 4 is 22.5 Å². The summed E-state index contributed by atoms with van der Waals surface area (Å²) >= 11 is 0.715. The van der Waals surface area contributed by atoms with Crippen molar-refractivity contribution in [2.75, 3.05) is 25.1 Å². The number of nitrogens with zero attached hydrogens (tertiary/aromatic N) is 1. The number of amides is 2. The van der Waals surface area contributed by atoms with Gasteiger partial charge >= 0.3 is 12.2 Å². The van der Waals surface area contributed by atoms with E-state index >= 15 is 0 Å². The number of benzene rings is 1. The highest BCUT2D eigenvalue weighted by atomic mass is 32.1. The molecule has 0 spiro atoms. The minimum absolute atomic E-state index is 0.112. The lowest BCUT2D eigenvalue weighted by Gasteiger charge is -2.12. The summed E-state index contributed by atoms with van der Waals surface area (Å²) in [6.07, 6.45) is -4.01. The Balaban J connectivity index is 1.85. The molecule has 0 fully saturated rings. The normalized spacial score (nSPS) is 11.1. The molecule has 0 aliphatic carbocycles. The molecular formula is C17H20F3N3O3S. The van der Waals surface area contributed by atoms with E-state index in [4.69, 9.17) is 9.47 Å². The van der Waals surface area contributed by atoms with Gasteiger partial charge in [-0.3, -0.25) is 5.32 Å². The van der Waals surface area contributed by atoms with Crippen LogP contribution in [0.3, 0.4) is 0 Å². The largest absolute Gasteiger partial charge is 0.490 e. The number of anilines is 1. The van der Waals surface area contributed by atoms with Crippen LogP contribution in [0, 0.1) is 0 Å². The maximum Gasteiger partial charge on any atom is 0.434 e. The number of ether oxygens (including phenoxy) is 2. The number of carbonyl (C=O) groups is 1. The average molecular weight is 403 g/mol. The summed E-state index contributed by atoms with van der Waals surface area (Å²) in [6, 6.07) is 4.89. The Morgan fingerprint density at radius 1 is 1.19 bits per heavy atom. The van der Waals surface area contributed by atoms with Crippen LogP contribution in [-0.2, 0) is 12.6 Å². The Bertz CT molecular complexity index is 765. The molecule has 2 rings (SSSR count). The van der Waals surface area contributed by atoms with Crippen LogP contribution in [0.15, 0.2) is 23.6 Å². The van der Waals surface area contributed by atoms with Gasteiger partial charge in [-0.2, -0.15) is 13.2 Å². The summed E-state index contributed by atoms with van der Waals surface area (Å²) in [4.78, 5) is 15.1. The molecule has 10 heteroatoms. The minimum atomic E-state index is -4.53. The summed E-state index contributed by atoms with van der Waals surface area (Å²) < 4.78 is 48.5. The van der Waals surface area contributed by atoms with E-state index in [0.717, 1.165) is 10.9 Å². The number of rotatable bonds is 8. The van der Waals surface area contributed by atoms with Gasteiger partial charge in [0.2, 0.25) is 0 Å². The Morgan fingerprint density at radius 3 is 2.52 bits per heavy atom. The molecule has 1 heterocycles. The van der Waals surface area contributed by atoms with Gasteiger partial charge in [0, 0.05) is 11.9 Å². The van der Waals surface area contributed by atoms with Gasteiger partial charge in [0.05, 0.1) is 13.2 Å². The zero-order valence-electron chi connectivity index (χ0n) is 14.9. The number of hydrogen-bond acceptors (Lipinski definition) is 5. The van der Waals surface area contributed by atoms with E-state index in [9.17, 15) is 18.0 Å². The fourth-order valence-electron chi connectivity index (χ4n) is 2.17. The van der Waals surface area contributed by atoms with Crippen LogP contribution in [0.25, 0.3) is 0 Å². The first-order chi connectivity index (χ1) is 12.8. The molecule has 2 aromatic rings. The molecule has 0 bridgehead atoms. The van der Waals surface area contributed by atoms with Crippen LogP contribution in [0.2, 0.25) is 0 Å². The molecule has 0 saturated heterocycles. The number of carbonyl (C=O) groups excluding carboxylic acids is 1. The molecule has 2 N–H and O–H groups in total. The van der Waals surface area contributed by atoms with E-state index in [1.807, 2.05) is 26.0 Å². The van der Waals surface area contributed by atoms with Crippen molar-refractivity contribution in [3.05, 3.63) is 34.8 Å². The molecule has 1 aromatic carbocycles. The molecule has 27 heavy (non-hydrogen) atoms. The predicted molar refractivity (Wildman–Crippen MR) is 96.6 cm³/mol.